The molecule has 0 bridgehead atoms. The largest absolute Gasteiger partial charge is 0.339 e. The predicted molar refractivity (Wildman–Crippen MR) is 58.8 cm³/mol. The maximum atomic E-state index is 5.80. The van der Waals surface area contributed by atoms with Gasteiger partial charge in [0.25, 0.3) is 0 Å². The Hall–Kier alpha value is -0.870. The summed E-state index contributed by atoms with van der Waals surface area (Å²) < 4.78 is 0. The summed E-state index contributed by atoms with van der Waals surface area (Å²) in [6.07, 6.45) is 2.83. The van der Waals surface area contributed by atoms with Crippen LogP contribution < -0.4 is 10.6 Å². The van der Waals surface area contributed by atoms with Gasteiger partial charge in [0.05, 0.1) is 0 Å². The van der Waals surface area contributed by atoms with Crippen LogP contribution in [0, 0.1) is 6.92 Å². The Kier molecular flexibility index (Phi) is 3.66. The van der Waals surface area contributed by atoms with Crippen LogP contribution in [0.3, 0.4) is 0 Å². The Morgan fingerprint density at radius 2 is 2.36 bits per heavy atom. The molecule has 2 heterocycles. The summed E-state index contributed by atoms with van der Waals surface area (Å²) in [6, 6.07) is 2.18. The molecule has 2 rings (SSSR count). The Balaban J connectivity index is 0.000000980. The molecule has 1 unspecified atom stereocenters. The number of nitrogens with zero attached hydrogens (tertiary/aromatic N) is 3. The van der Waals surface area contributed by atoms with Gasteiger partial charge >= 0.3 is 0 Å². The molecule has 1 aromatic rings. The first-order valence-electron chi connectivity index (χ1n) is 4.56. The number of aryl methyl sites for hydroxylation is 1. The topological polar surface area (TPSA) is 55.0 Å². The van der Waals surface area contributed by atoms with Crippen molar-refractivity contribution in [3.05, 3.63) is 18.0 Å². The number of anilines is 1. The van der Waals surface area contributed by atoms with E-state index in [2.05, 4.69) is 14.9 Å². The number of aromatic nitrogens is 2. The Labute approximate surface area is 89.9 Å². The van der Waals surface area contributed by atoms with Crippen LogP contribution in [-0.2, 0) is 0 Å². The maximum Gasteiger partial charge on any atom is 0.225 e. The second kappa shape index (κ2) is 4.57. The van der Waals surface area contributed by atoms with Crippen molar-refractivity contribution in [3.8, 4) is 0 Å². The van der Waals surface area contributed by atoms with Gasteiger partial charge in [0, 0.05) is 31.0 Å². The quantitative estimate of drug-likeness (QED) is 0.750. The maximum absolute atomic E-state index is 5.80. The first kappa shape index (κ1) is 11.2. The molecule has 4 nitrogen and oxygen atoms in total. The summed E-state index contributed by atoms with van der Waals surface area (Å²) in [5.41, 5.74) is 6.81. The van der Waals surface area contributed by atoms with Gasteiger partial charge in [-0.25, -0.2) is 9.97 Å². The average Bonchev–Trinajstić information content (AvgIpc) is 2.52. The lowest BCUT2D eigenvalue weighted by molar-refractivity contribution is 0.750. The molecule has 0 amide bonds. The van der Waals surface area contributed by atoms with Crippen molar-refractivity contribution in [3.63, 3.8) is 0 Å². The van der Waals surface area contributed by atoms with E-state index < -0.39 is 0 Å². The summed E-state index contributed by atoms with van der Waals surface area (Å²) >= 11 is 0. The van der Waals surface area contributed by atoms with Gasteiger partial charge in [-0.1, -0.05) is 0 Å². The lowest BCUT2D eigenvalue weighted by atomic mass is 10.3. The van der Waals surface area contributed by atoms with Gasteiger partial charge in [0.2, 0.25) is 5.95 Å². The van der Waals surface area contributed by atoms with Crippen LogP contribution in [-0.4, -0.2) is 29.1 Å². The van der Waals surface area contributed by atoms with E-state index in [1.807, 2.05) is 13.0 Å². The van der Waals surface area contributed by atoms with Crippen LogP contribution in [0.2, 0.25) is 0 Å². The molecule has 0 aliphatic carbocycles. The minimum absolute atomic E-state index is 0. The van der Waals surface area contributed by atoms with Crippen LogP contribution in [0.1, 0.15) is 12.1 Å². The summed E-state index contributed by atoms with van der Waals surface area (Å²) in [6.45, 7) is 3.83. The highest BCUT2D eigenvalue weighted by Crippen LogP contribution is 2.14. The van der Waals surface area contributed by atoms with E-state index in [0.29, 0.717) is 0 Å². The van der Waals surface area contributed by atoms with Gasteiger partial charge in [0.15, 0.2) is 0 Å². The van der Waals surface area contributed by atoms with Crippen molar-refractivity contribution in [1.29, 1.82) is 0 Å². The van der Waals surface area contributed by atoms with Crippen LogP contribution in [0.4, 0.5) is 5.95 Å². The zero-order valence-electron chi connectivity index (χ0n) is 8.18. The second-order valence-corrected chi connectivity index (χ2v) is 3.49. The molecule has 1 fully saturated rings. The van der Waals surface area contributed by atoms with E-state index in [9.17, 15) is 0 Å². The molecule has 0 aromatic carbocycles. The Morgan fingerprint density at radius 1 is 1.57 bits per heavy atom. The molecule has 1 aromatic heterocycles. The summed E-state index contributed by atoms with van der Waals surface area (Å²) in [4.78, 5) is 10.7. The molecular formula is C9H15ClN4. The van der Waals surface area contributed by atoms with Gasteiger partial charge in [-0.15, -0.1) is 12.4 Å². The monoisotopic (exact) mass is 214 g/mol. The fourth-order valence-corrected chi connectivity index (χ4v) is 1.56. The van der Waals surface area contributed by atoms with E-state index in [1.165, 1.54) is 0 Å². The van der Waals surface area contributed by atoms with Crippen molar-refractivity contribution < 1.29 is 0 Å². The van der Waals surface area contributed by atoms with E-state index in [0.717, 1.165) is 31.2 Å². The van der Waals surface area contributed by atoms with Crippen LogP contribution in [0.15, 0.2) is 12.3 Å². The van der Waals surface area contributed by atoms with Gasteiger partial charge in [-0.05, 0) is 19.4 Å². The predicted octanol–water partition coefficient (Wildman–Crippen LogP) is 0.744. The number of nitrogens with two attached hydrogens (primary N) is 1. The third-order valence-electron chi connectivity index (χ3n) is 2.29. The minimum atomic E-state index is 0. The molecule has 14 heavy (non-hydrogen) atoms. The summed E-state index contributed by atoms with van der Waals surface area (Å²) in [7, 11) is 0. The molecule has 1 aliphatic rings. The highest BCUT2D eigenvalue weighted by molar-refractivity contribution is 5.85. The first-order chi connectivity index (χ1) is 6.25. The number of halogens is 1. The highest BCUT2D eigenvalue weighted by atomic mass is 35.5. The smallest absolute Gasteiger partial charge is 0.225 e. The summed E-state index contributed by atoms with van der Waals surface area (Å²) in [5.74, 6) is 0.813. The van der Waals surface area contributed by atoms with Crippen LogP contribution >= 0.6 is 12.4 Å². The second-order valence-electron chi connectivity index (χ2n) is 3.49. The third kappa shape index (κ3) is 2.33. The number of hydrogen-bond donors (Lipinski definition) is 1. The normalized spacial score (nSPS) is 20.7. The van der Waals surface area contributed by atoms with Gasteiger partial charge in [-0.2, -0.15) is 0 Å². The molecule has 5 heteroatoms. The van der Waals surface area contributed by atoms with Crippen molar-refractivity contribution in [1.82, 2.24) is 9.97 Å². The third-order valence-corrected chi connectivity index (χ3v) is 2.29. The van der Waals surface area contributed by atoms with Crippen molar-refractivity contribution >= 4 is 18.4 Å². The van der Waals surface area contributed by atoms with Crippen molar-refractivity contribution in [2.45, 2.75) is 19.4 Å². The average molecular weight is 215 g/mol. The first-order valence-corrected chi connectivity index (χ1v) is 4.56. The standard InChI is InChI=1S/C9H14N4.ClH/c1-7-2-4-11-9(12-7)13-5-3-8(10)6-13;/h2,4,8H,3,5-6,10H2,1H3;1H. The lowest BCUT2D eigenvalue weighted by Gasteiger charge is -2.15. The fraction of sp³-hybridized carbons (Fsp3) is 0.556. The van der Waals surface area contributed by atoms with Gasteiger partial charge < -0.3 is 10.6 Å². The van der Waals surface area contributed by atoms with E-state index >= 15 is 0 Å². The summed E-state index contributed by atoms with van der Waals surface area (Å²) in [5, 5.41) is 0. The highest BCUT2D eigenvalue weighted by Gasteiger charge is 2.20. The molecule has 0 saturated carbocycles. The zero-order chi connectivity index (χ0) is 9.26. The zero-order valence-corrected chi connectivity index (χ0v) is 9.00. The molecular weight excluding hydrogens is 200 g/mol. The van der Waals surface area contributed by atoms with E-state index in [-0.39, 0.29) is 18.4 Å². The lowest BCUT2D eigenvalue weighted by Crippen LogP contribution is -2.27. The molecule has 0 spiro atoms. The molecule has 2 N–H and O–H groups in total. The SMILES string of the molecule is Cc1ccnc(N2CCC(N)C2)n1.Cl. The molecule has 0 radical (unpaired) electrons. The molecule has 78 valence electrons. The van der Waals surface area contributed by atoms with E-state index in [1.54, 1.807) is 6.20 Å². The van der Waals surface area contributed by atoms with Crippen LogP contribution in [0.25, 0.3) is 0 Å². The fourth-order valence-electron chi connectivity index (χ4n) is 1.56. The Bertz CT molecular complexity index is 305. The van der Waals surface area contributed by atoms with Crippen LogP contribution in [0.5, 0.6) is 0 Å². The Morgan fingerprint density at radius 3 is 2.93 bits per heavy atom. The van der Waals surface area contributed by atoms with Crippen molar-refractivity contribution in [2.75, 3.05) is 18.0 Å². The molecule has 1 aliphatic heterocycles. The molecule has 1 atom stereocenters. The molecule has 1 saturated heterocycles. The number of hydrogen-bond acceptors (Lipinski definition) is 4. The van der Waals surface area contributed by atoms with Gasteiger partial charge in [0.1, 0.15) is 0 Å². The number of rotatable bonds is 1. The van der Waals surface area contributed by atoms with E-state index in [4.69, 9.17) is 5.73 Å². The minimum Gasteiger partial charge on any atom is -0.339 e. The van der Waals surface area contributed by atoms with Gasteiger partial charge in [-0.3, -0.25) is 0 Å². The van der Waals surface area contributed by atoms with Crippen molar-refractivity contribution in [2.24, 2.45) is 5.73 Å².